The molecule has 1 aromatic rings. The average Bonchev–Trinajstić information content (AvgIpc) is 2.99. The molecule has 0 radical (unpaired) electrons. The van der Waals surface area contributed by atoms with Crippen molar-refractivity contribution in [2.45, 2.75) is 101 Å². The molecular formula is C26H36O4. The van der Waals surface area contributed by atoms with Gasteiger partial charge in [-0.1, -0.05) is 25.8 Å². The standard InChI is InChI=1S/C26H36O4/c1-5-10-22(2,28)19-15-24-12-13-26(19,29-4)23(3)25(24)11-6-7-17(24)14-16-8-9-18(27)21(30-23)20(16)25/h8-9,17,19,27-28H,5-7,10-15H2,1-4H3/t17-,19?,22?,23+,24-,25+,26-/m1/s1. The van der Waals surface area contributed by atoms with Gasteiger partial charge in [-0.2, -0.15) is 0 Å². The van der Waals surface area contributed by atoms with Crippen LogP contribution in [0.4, 0.5) is 0 Å². The van der Waals surface area contributed by atoms with E-state index in [9.17, 15) is 10.2 Å². The second-order valence-electron chi connectivity index (χ2n) is 11.4. The molecule has 4 saturated carbocycles. The molecule has 30 heavy (non-hydrogen) atoms. The fourth-order valence-corrected chi connectivity index (χ4v) is 9.85. The Morgan fingerprint density at radius 2 is 2.07 bits per heavy atom. The molecule has 1 aromatic carbocycles. The number of rotatable bonds is 4. The van der Waals surface area contributed by atoms with Gasteiger partial charge in [0.15, 0.2) is 11.5 Å². The van der Waals surface area contributed by atoms with Crippen LogP contribution in [0, 0.1) is 17.3 Å². The summed E-state index contributed by atoms with van der Waals surface area (Å²) in [5.41, 5.74) is 0.718. The monoisotopic (exact) mass is 412 g/mol. The number of phenolic OH excluding ortho intramolecular Hbond substituents is 1. The summed E-state index contributed by atoms with van der Waals surface area (Å²) in [4.78, 5) is 0. The third-order valence-electron chi connectivity index (χ3n) is 10.7. The maximum Gasteiger partial charge on any atom is 0.166 e. The number of aliphatic hydroxyl groups is 1. The molecule has 4 nitrogen and oxygen atoms in total. The van der Waals surface area contributed by atoms with Gasteiger partial charge in [0.25, 0.3) is 0 Å². The molecule has 6 aliphatic rings. The van der Waals surface area contributed by atoms with Crippen LogP contribution in [0.1, 0.15) is 83.3 Å². The van der Waals surface area contributed by atoms with Gasteiger partial charge >= 0.3 is 0 Å². The van der Waals surface area contributed by atoms with Crippen molar-refractivity contribution in [1.29, 1.82) is 0 Å². The Bertz CT molecular complexity index is 924. The van der Waals surface area contributed by atoms with Crippen molar-refractivity contribution in [1.82, 2.24) is 0 Å². The molecule has 5 aliphatic carbocycles. The molecule has 4 heteroatoms. The van der Waals surface area contributed by atoms with Crippen molar-refractivity contribution in [3.63, 3.8) is 0 Å². The van der Waals surface area contributed by atoms with E-state index in [1.54, 1.807) is 0 Å². The van der Waals surface area contributed by atoms with Gasteiger partial charge in [0.1, 0.15) is 11.2 Å². The topological polar surface area (TPSA) is 58.9 Å². The highest BCUT2D eigenvalue weighted by Gasteiger charge is 2.85. The van der Waals surface area contributed by atoms with Gasteiger partial charge in [-0.3, -0.25) is 0 Å². The number of fused-ring (bicyclic) bond motifs is 2. The molecule has 0 saturated heterocycles. The highest BCUT2D eigenvalue weighted by atomic mass is 16.6. The van der Waals surface area contributed by atoms with E-state index >= 15 is 0 Å². The lowest BCUT2D eigenvalue weighted by Crippen LogP contribution is -2.84. The Morgan fingerprint density at radius 3 is 2.80 bits per heavy atom. The van der Waals surface area contributed by atoms with Gasteiger partial charge in [0.05, 0.1) is 5.60 Å². The van der Waals surface area contributed by atoms with E-state index in [2.05, 4.69) is 19.9 Å². The molecule has 2 unspecified atom stereocenters. The summed E-state index contributed by atoms with van der Waals surface area (Å²) in [6.45, 7) is 6.44. The lowest BCUT2D eigenvalue weighted by Gasteiger charge is -2.77. The quantitative estimate of drug-likeness (QED) is 0.740. The van der Waals surface area contributed by atoms with Gasteiger partial charge in [-0.15, -0.1) is 0 Å². The van der Waals surface area contributed by atoms with Crippen LogP contribution in [-0.2, 0) is 16.6 Å². The van der Waals surface area contributed by atoms with Gasteiger partial charge in [-0.05, 0) is 81.8 Å². The van der Waals surface area contributed by atoms with E-state index in [0.29, 0.717) is 11.7 Å². The Balaban J connectivity index is 1.68. The predicted molar refractivity (Wildman–Crippen MR) is 115 cm³/mol. The number of aromatic hydroxyl groups is 1. The van der Waals surface area contributed by atoms with Crippen molar-refractivity contribution < 1.29 is 19.7 Å². The van der Waals surface area contributed by atoms with Crippen molar-refractivity contribution in [3.8, 4) is 11.5 Å². The second kappa shape index (κ2) is 5.56. The molecule has 1 aliphatic heterocycles. The van der Waals surface area contributed by atoms with Crippen molar-refractivity contribution in [2.24, 2.45) is 17.3 Å². The fourth-order valence-electron chi connectivity index (χ4n) is 9.85. The third kappa shape index (κ3) is 1.71. The summed E-state index contributed by atoms with van der Waals surface area (Å²) in [5.74, 6) is 1.62. The predicted octanol–water partition coefficient (Wildman–Crippen LogP) is 4.87. The van der Waals surface area contributed by atoms with Crippen molar-refractivity contribution in [2.75, 3.05) is 7.11 Å². The van der Waals surface area contributed by atoms with Gasteiger partial charge < -0.3 is 19.7 Å². The smallest absolute Gasteiger partial charge is 0.166 e. The summed E-state index contributed by atoms with van der Waals surface area (Å²) in [5, 5.41) is 22.6. The average molecular weight is 413 g/mol. The van der Waals surface area contributed by atoms with E-state index in [1.807, 2.05) is 20.1 Å². The van der Waals surface area contributed by atoms with E-state index in [4.69, 9.17) is 9.47 Å². The summed E-state index contributed by atoms with van der Waals surface area (Å²) < 4.78 is 13.5. The minimum atomic E-state index is -0.794. The summed E-state index contributed by atoms with van der Waals surface area (Å²) in [6, 6.07) is 3.97. The first-order valence-corrected chi connectivity index (χ1v) is 12.0. The first-order valence-electron chi connectivity index (χ1n) is 12.0. The summed E-state index contributed by atoms with van der Waals surface area (Å²) >= 11 is 0. The van der Waals surface area contributed by atoms with E-state index < -0.39 is 16.8 Å². The normalized spacial score (nSPS) is 46.8. The SMILES string of the molecule is CCCC(C)(O)C1C[C@@]23CC[C@]1(OC)[C@@]1(C)Oc4c(O)ccc5c4[C@]21CCC[C@@H]3C5. The van der Waals surface area contributed by atoms with E-state index in [-0.39, 0.29) is 22.5 Å². The molecule has 4 fully saturated rings. The highest BCUT2D eigenvalue weighted by molar-refractivity contribution is 5.64. The molecule has 0 aromatic heterocycles. The molecule has 1 heterocycles. The molecule has 164 valence electrons. The molecular weight excluding hydrogens is 376 g/mol. The van der Waals surface area contributed by atoms with Crippen LogP contribution < -0.4 is 4.74 Å². The highest BCUT2D eigenvalue weighted by Crippen LogP contribution is 2.82. The Kier molecular flexibility index (Phi) is 3.60. The first kappa shape index (κ1) is 19.4. The zero-order valence-corrected chi connectivity index (χ0v) is 18.9. The maximum atomic E-state index is 11.8. The lowest BCUT2D eigenvalue weighted by molar-refractivity contribution is -0.335. The molecule has 0 amide bonds. The van der Waals surface area contributed by atoms with Crippen LogP contribution in [0.2, 0.25) is 0 Å². The molecule has 7 rings (SSSR count). The van der Waals surface area contributed by atoms with Crippen LogP contribution in [0.5, 0.6) is 11.5 Å². The first-order chi connectivity index (χ1) is 14.2. The van der Waals surface area contributed by atoms with Crippen LogP contribution in [0.3, 0.4) is 0 Å². The second-order valence-corrected chi connectivity index (χ2v) is 11.4. The minimum absolute atomic E-state index is 0.0282. The number of methoxy groups -OCH3 is 1. The van der Waals surface area contributed by atoms with Crippen LogP contribution in [0.25, 0.3) is 0 Å². The number of benzene rings is 1. The van der Waals surface area contributed by atoms with E-state index in [1.165, 1.54) is 24.0 Å². The van der Waals surface area contributed by atoms with Crippen molar-refractivity contribution >= 4 is 0 Å². The molecule has 7 atom stereocenters. The Morgan fingerprint density at radius 1 is 1.27 bits per heavy atom. The lowest BCUT2D eigenvalue weighted by atomic mass is 9.28. The molecule has 2 N–H and O–H groups in total. The third-order valence-corrected chi connectivity index (χ3v) is 10.7. The minimum Gasteiger partial charge on any atom is -0.504 e. The van der Waals surface area contributed by atoms with Gasteiger partial charge in [0, 0.05) is 24.0 Å². The maximum absolute atomic E-state index is 11.8. The van der Waals surface area contributed by atoms with Crippen LogP contribution in [-0.4, -0.2) is 34.1 Å². The van der Waals surface area contributed by atoms with Crippen LogP contribution in [0.15, 0.2) is 12.1 Å². The van der Waals surface area contributed by atoms with Crippen LogP contribution >= 0.6 is 0 Å². The summed E-state index contributed by atoms with van der Waals surface area (Å²) in [6.07, 6.45) is 9.43. The van der Waals surface area contributed by atoms with Crippen molar-refractivity contribution in [3.05, 3.63) is 23.3 Å². The largest absolute Gasteiger partial charge is 0.504 e. The Labute approximate surface area is 180 Å². The number of ether oxygens (including phenoxy) is 2. The number of hydrogen-bond donors (Lipinski definition) is 2. The van der Waals surface area contributed by atoms with Gasteiger partial charge in [-0.25, -0.2) is 0 Å². The number of hydrogen-bond acceptors (Lipinski definition) is 4. The molecule has 2 spiro atoms. The summed E-state index contributed by atoms with van der Waals surface area (Å²) in [7, 11) is 1.82. The Hall–Kier alpha value is -1.26. The van der Waals surface area contributed by atoms with E-state index in [0.717, 1.165) is 44.9 Å². The number of phenols is 1. The fraction of sp³-hybridized carbons (Fsp3) is 0.769. The zero-order chi connectivity index (χ0) is 21.2. The van der Waals surface area contributed by atoms with Gasteiger partial charge in [0.2, 0.25) is 0 Å². The molecule has 4 bridgehead atoms. The zero-order valence-electron chi connectivity index (χ0n) is 18.9.